The van der Waals surface area contributed by atoms with Crippen molar-refractivity contribution in [2.24, 2.45) is 0 Å². The van der Waals surface area contributed by atoms with Gasteiger partial charge in [-0.1, -0.05) is 5.16 Å². The van der Waals surface area contributed by atoms with Crippen molar-refractivity contribution in [1.82, 2.24) is 15.2 Å². The smallest absolute Gasteiger partial charge is 0.195 e. The Morgan fingerprint density at radius 3 is 3.36 bits per heavy atom. The lowest BCUT2D eigenvalue weighted by molar-refractivity contribution is 0.284. The minimum Gasteiger partial charge on any atom is -0.364 e. The highest BCUT2D eigenvalue weighted by Gasteiger charge is 2.14. The molecule has 0 saturated heterocycles. The van der Waals surface area contributed by atoms with E-state index in [1.807, 2.05) is 7.05 Å². The van der Waals surface area contributed by atoms with Crippen molar-refractivity contribution < 1.29 is 4.63 Å². The third-order valence-corrected chi connectivity index (χ3v) is 1.76. The second-order valence-corrected chi connectivity index (χ2v) is 2.72. The number of aromatic nitrogens is 2. The van der Waals surface area contributed by atoms with E-state index in [-0.39, 0.29) is 0 Å². The van der Waals surface area contributed by atoms with Crippen LogP contribution in [-0.2, 0) is 6.54 Å². The van der Waals surface area contributed by atoms with Crippen LogP contribution in [0.25, 0.3) is 0 Å². The number of nitrogens with one attached hydrogen (secondary N) is 1. The fourth-order valence-electron chi connectivity index (χ4n) is 1.14. The molecule has 60 valence electrons. The van der Waals surface area contributed by atoms with Gasteiger partial charge in [-0.25, -0.2) is 4.63 Å². The topological polar surface area (TPSA) is 54.2 Å². The Labute approximate surface area is 64.3 Å². The van der Waals surface area contributed by atoms with Gasteiger partial charge in [0.25, 0.3) is 0 Å². The average molecular weight is 154 g/mol. The fourth-order valence-corrected chi connectivity index (χ4v) is 1.14. The minimum absolute atomic E-state index is 0.786. The van der Waals surface area contributed by atoms with Crippen LogP contribution < -0.4 is 5.32 Å². The average Bonchev–Trinajstić information content (AvgIpc) is 2.31. The lowest BCUT2D eigenvalue weighted by atomic mass is 10.4. The van der Waals surface area contributed by atoms with Gasteiger partial charge in [-0.15, -0.1) is 0 Å². The van der Waals surface area contributed by atoms with E-state index in [1.54, 1.807) is 0 Å². The summed E-state index contributed by atoms with van der Waals surface area (Å²) in [5, 5.41) is 10.6. The van der Waals surface area contributed by atoms with Crippen LogP contribution in [0.5, 0.6) is 0 Å². The summed E-state index contributed by atoms with van der Waals surface area (Å²) in [5.41, 5.74) is 0.894. The Morgan fingerprint density at radius 1 is 1.55 bits per heavy atom. The van der Waals surface area contributed by atoms with E-state index < -0.39 is 0 Å². The highest BCUT2D eigenvalue weighted by atomic mass is 16.6. The maximum atomic E-state index is 4.58. The third-order valence-electron chi connectivity index (χ3n) is 1.76. The molecule has 1 aromatic rings. The molecule has 2 rings (SSSR count). The fraction of sp³-hybridized carbons (Fsp3) is 0.667. The summed E-state index contributed by atoms with van der Waals surface area (Å²) in [6.45, 7) is 2.72. The quantitative estimate of drug-likeness (QED) is 0.566. The Balaban J connectivity index is 2.26. The van der Waals surface area contributed by atoms with Crippen LogP contribution in [0.1, 0.15) is 5.69 Å². The van der Waals surface area contributed by atoms with Crippen LogP contribution in [0.3, 0.4) is 0 Å². The first-order valence-electron chi connectivity index (χ1n) is 3.60. The first-order valence-corrected chi connectivity index (χ1v) is 3.60. The maximum absolute atomic E-state index is 4.58. The number of likely N-dealkylation sites (N-methyl/N-ethyl adjacent to an activating group) is 1. The first kappa shape index (κ1) is 6.60. The number of hydrogen-bond donors (Lipinski definition) is 1. The Kier molecular flexibility index (Phi) is 1.50. The first-order chi connectivity index (χ1) is 5.36. The summed E-state index contributed by atoms with van der Waals surface area (Å²) in [4.78, 5) is 2.17. The maximum Gasteiger partial charge on any atom is 0.195 e. The van der Waals surface area contributed by atoms with E-state index in [1.165, 1.54) is 0 Å². The predicted molar refractivity (Wildman–Crippen MR) is 39.1 cm³/mol. The van der Waals surface area contributed by atoms with Crippen molar-refractivity contribution in [1.29, 1.82) is 0 Å². The number of rotatable bonds is 0. The van der Waals surface area contributed by atoms with Crippen molar-refractivity contribution in [2.75, 3.05) is 25.5 Å². The second-order valence-electron chi connectivity index (χ2n) is 2.72. The highest BCUT2D eigenvalue weighted by molar-refractivity contribution is 5.38. The van der Waals surface area contributed by atoms with Gasteiger partial charge in [0, 0.05) is 19.6 Å². The zero-order chi connectivity index (χ0) is 7.68. The number of anilines is 1. The lowest BCUT2D eigenvalue weighted by Gasteiger charge is -2.09. The molecule has 5 heteroatoms. The van der Waals surface area contributed by atoms with Crippen LogP contribution in [0.15, 0.2) is 4.63 Å². The van der Waals surface area contributed by atoms with Crippen LogP contribution >= 0.6 is 0 Å². The van der Waals surface area contributed by atoms with Crippen LogP contribution in [0.4, 0.5) is 5.82 Å². The van der Waals surface area contributed by atoms with E-state index in [0.717, 1.165) is 31.1 Å². The SMILES string of the molecule is CN1CCNc2nonc2C1. The summed E-state index contributed by atoms with van der Waals surface area (Å²) in [6.07, 6.45) is 0. The van der Waals surface area contributed by atoms with E-state index in [4.69, 9.17) is 0 Å². The molecule has 0 amide bonds. The molecule has 1 N–H and O–H groups in total. The molecule has 0 radical (unpaired) electrons. The summed E-state index contributed by atoms with van der Waals surface area (Å²) >= 11 is 0. The van der Waals surface area contributed by atoms with E-state index in [0.29, 0.717) is 0 Å². The molecule has 2 heterocycles. The molecule has 0 fully saturated rings. The van der Waals surface area contributed by atoms with Crippen LogP contribution in [0.2, 0.25) is 0 Å². The Bertz CT molecular complexity index is 246. The molecule has 0 saturated carbocycles. The molecule has 11 heavy (non-hydrogen) atoms. The molecule has 1 aliphatic heterocycles. The predicted octanol–water partition coefficient (Wildman–Crippen LogP) is -0.0731. The Hall–Kier alpha value is -1.10. The number of fused-ring (bicyclic) bond motifs is 1. The molecular formula is C6H10N4O. The summed E-state index contributed by atoms with van der Waals surface area (Å²) < 4.78 is 4.58. The van der Waals surface area contributed by atoms with Gasteiger partial charge in [0.1, 0.15) is 5.69 Å². The van der Waals surface area contributed by atoms with E-state index in [2.05, 4.69) is 25.2 Å². The molecule has 0 spiro atoms. The number of nitrogens with zero attached hydrogens (tertiary/aromatic N) is 3. The Morgan fingerprint density at radius 2 is 2.45 bits per heavy atom. The number of hydrogen-bond acceptors (Lipinski definition) is 5. The summed E-state index contributed by atoms with van der Waals surface area (Å²) in [7, 11) is 2.05. The van der Waals surface area contributed by atoms with Gasteiger partial charge >= 0.3 is 0 Å². The van der Waals surface area contributed by atoms with Gasteiger partial charge in [0.05, 0.1) is 0 Å². The van der Waals surface area contributed by atoms with Gasteiger partial charge in [-0.05, 0) is 12.2 Å². The van der Waals surface area contributed by atoms with Gasteiger partial charge in [-0.2, -0.15) is 0 Å². The van der Waals surface area contributed by atoms with Crippen molar-refractivity contribution in [3.63, 3.8) is 0 Å². The monoisotopic (exact) mass is 154 g/mol. The van der Waals surface area contributed by atoms with Crippen molar-refractivity contribution >= 4 is 5.82 Å². The third kappa shape index (κ3) is 1.19. The molecule has 0 atom stereocenters. The van der Waals surface area contributed by atoms with Gasteiger partial charge in [-0.3, -0.25) is 4.90 Å². The zero-order valence-electron chi connectivity index (χ0n) is 6.37. The van der Waals surface area contributed by atoms with Crippen molar-refractivity contribution in [3.05, 3.63) is 5.69 Å². The van der Waals surface area contributed by atoms with Crippen molar-refractivity contribution in [2.45, 2.75) is 6.54 Å². The second kappa shape index (κ2) is 2.50. The molecule has 1 aromatic heterocycles. The summed E-state index contributed by atoms with van der Waals surface area (Å²) in [6, 6.07) is 0. The molecule has 0 aliphatic carbocycles. The lowest BCUT2D eigenvalue weighted by Crippen LogP contribution is -2.21. The molecule has 5 nitrogen and oxygen atoms in total. The molecule has 0 bridgehead atoms. The summed E-state index contributed by atoms with van der Waals surface area (Å²) in [5.74, 6) is 0.786. The molecule has 1 aliphatic rings. The molecule has 0 aromatic carbocycles. The van der Waals surface area contributed by atoms with Crippen molar-refractivity contribution in [3.8, 4) is 0 Å². The largest absolute Gasteiger partial charge is 0.364 e. The zero-order valence-corrected chi connectivity index (χ0v) is 6.37. The molecular weight excluding hydrogens is 144 g/mol. The molecule has 0 unspecified atom stereocenters. The van der Waals surface area contributed by atoms with Crippen LogP contribution in [0, 0.1) is 0 Å². The normalized spacial score (nSPS) is 18.6. The van der Waals surface area contributed by atoms with Gasteiger partial charge < -0.3 is 5.32 Å². The van der Waals surface area contributed by atoms with Crippen LogP contribution in [-0.4, -0.2) is 35.4 Å². The minimum atomic E-state index is 0.786. The van der Waals surface area contributed by atoms with E-state index in [9.17, 15) is 0 Å². The standard InChI is InChI=1S/C6H10N4O/c1-10-3-2-7-6-5(4-10)8-11-9-6/h2-4H2,1H3,(H,7,9). The van der Waals surface area contributed by atoms with Gasteiger partial charge in [0.15, 0.2) is 5.82 Å². The van der Waals surface area contributed by atoms with E-state index >= 15 is 0 Å². The van der Waals surface area contributed by atoms with Gasteiger partial charge in [0.2, 0.25) is 0 Å². The highest BCUT2D eigenvalue weighted by Crippen LogP contribution is 2.13.